The summed E-state index contributed by atoms with van der Waals surface area (Å²) < 4.78 is 21.7. The zero-order chi connectivity index (χ0) is 19.8. The fourth-order valence-electron chi connectivity index (χ4n) is 3.17. The zero-order valence-corrected chi connectivity index (χ0v) is 15.1. The highest BCUT2D eigenvalue weighted by Gasteiger charge is 2.28. The summed E-state index contributed by atoms with van der Waals surface area (Å²) in [5.41, 5.74) is 2.18. The third kappa shape index (κ3) is 3.21. The normalized spacial score (nSPS) is 15.8. The molecule has 0 saturated carbocycles. The van der Waals surface area contributed by atoms with E-state index in [2.05, 4.69) is 0 Å². The Bertz CT molecular complexity index is 1180. The number of ketones is 1. The lowest BCUT2D eigenvalue weighted by molar-refractivity contribution is 0.0701. The van der Waals surface area contributed by atoms with Gasteiger partial charge in [-0.1, -0.05) is 18.2 Å². The molecule has 2 aliphatic rings. The fourth-order valence-corrected chi connectivity index (χ4v) is 3.17. The number of carbonyl (C=O) groups excluding carboxylic acids is 2. The van der Waals surface area contributed by atoms with Crippen molar-refractivity contribution in [3.63, 3.8) is 0 Å². The van der Waals surface area contributed by atoms with Crippen LogP contribution in [0.4, 0.5) is 0 Å². The Morgan fingerprint density at radius 3 is 2.79 bits per heavy atom. The third-order valence-electron chi connectivity index (χ3n) is 4.55. The lowest BCUT2D eigenvalue weighted by Gasteiger charge is -2.15. The van der Waals surface area contributed by atoms with Gasteiger partial charge in [0.05, 0.1) is 11.8 Å². The number of allylic oxidation sites excluding steroid dienone is 1. The van der Waals surface area contributed by atoms with Crippen molar-refractivity contribution in [3.8, 4) is 17.2 Å². The molecule has 1 aromatic heterocycles. The summed E-state index contributed by atoms with van der Waals surface area (Å²) in [5, 5.41) is 0. The number of ether oxygens (including phenoxy) is 3. The number of carbonyl (C=O) groups is 2. The molecule has 0 N–H and O–H groups in total. The summed E-state index contributed by atoms with van der Waals surface area (Å²) in [5.74, 6) is 0.829. The van der Waals surface area contributed by atoms with E-state index < -0.39 is 5.97 Å². The summed E-state index contributed by atoms with van der Waals surface area (Å²) >= 11 is 0. The third-order valence-corrected chi connectivity index (χ3v) is 4.55. The van der Waals surface area contributed by atoms with Gasteiger partial charge < -0.3 is 18.6 Å². The van der Waals surface area contributed by atoms with Gasteiger partial charge in [0.15, 0.2) is 5.76 Å². The van der Waals surface area contributed by atoms with E-state index in [1.54, 1.807) is 24.3 Å². The molecule has 0 spiro atoms. The maximum absolute atomic E-state index is 12.7. The van der Waals surface area contributed by atoms with Crippen LogP contribution in [0.15, 0.2) is 82.7 Å². The number of hydrogen-bond donors (Lipinski definition) is 0. The Morgan fingerprint density at radius 2 is 1.93 bits per heavy atom. The zero-order valence-electron chi connectivity index (χ0n) is 15.1. The molecule has 3 aromatic rings. The van der Waals surface area contributed by atoms with E-state index in [1.165, 1.54) is 18.4 Å². The second-order valence-corrected chi connectivity index (χ2v) is 6.51. The van der Waals surface area contributed by atoms with Gasteiger partial charge in [-0.15, -0.1) is 0 Å². The molecular weight excluding hydrogens is 372 g/mol. The van der Waals surface area contributed by atoms with Gasteiger partial charge in [0.25, 0.3) is 0 Å². The van der Waals surface area contributed by atoms with Gasteiger partial charge in [-0.25, -0.2) is 4.79 Å². The van der Waals surface area contributed by atoms with Crippen molar-refractivity contribution in [3.05, 3.63) is 95.2 Å². The van der Waals surface area contributed by atoms with Crippen molar-refractivity contribution in [2.75, 3.05) is 6.61 Å². The summed E-state index contributed by atoms with van der Waals surface area (Å²) in [7, 11) is 0. The first-order chi connectivity index (χ1) is 14.2. The molecule has 6 heteroatoms. The number of furan rings is 1. The summed E-state index contributed by atoms with van der Waals surface area (Å²) in [6, 6.07) is 15.4. The van der Waals surface area contributed by atoms with E-state index in [9.17, 15) is 9.59 Å². The Kier molecular flexibility index (Phi) is 4.02. The Hall–Kier alpha value is -4.06. The van der Waals surface area contributed by atoms with Gasteiger partial charge in [-0.3, -0.25) is 4.79 Å². The molecule has 0 radical (unpaired) electrons. The molecule has 0 bridgehead atoms. The van der Waals surface area contributed by atoms with Gasteiger partial charge in [0, 0.05) is 11.6 Å². The Morgan fingerprint density at radius 1 is 1.03 bits per heavy atom. The van der Waals surface area contributed by atoms with Crippen LogP contribution >= 0.6 is 0 Å². The molecule has 0 atom stereocenters. The minimum Gasteiger partial charge on any atom is -0.488 e. The SMILES string of the molecule is O=C(Oc1ccc2c(c1)O/C(=C\C1=Cc3ccccc3OC1)C2=O)c1ccco1. The van der Waals surface area contributed by atoms with E-state index >= 15 is 0 Å². The first kappa shape index (κ1) is 17.1. The first-order valence-electron chi connectivity index (χ1n) is 8.94. The van der Waals surface area contributed by atoms with Crippen LogP contribution in [-0.4, -0.2) is 18.4 Å². The molecule has 0 unspecified atom stereocenters. The predicted octanol–water partition coefficient (Wildman–Crippen LogP) is 4.43. The fraction of sp³-hybridized carbons (Fsp3) is 0.0435. The van der Waals surface area contributed by atoms with Crippen LogP contribution in [-0.2, 0) is 0 Å². The largest absolute Gasteiger partial charge is 0.488 e. The quantitative estimate of drug-likeness (QED) is 0.377. The highest BCUT2D eigenvalue weighted by Crippen LogP contribution is 2.35. The van der Waals surface area contributed by atoms with E-state index in [1.807, 2.05) is 30.3 Å². The standard InChI is InChI=1S/C23H14O6/c24-22-17-8-7-16(28-23(25)19-6-3-9-26-19)12-20(17)29-21(22)11-14-10-15-4-1-2-5-18(15)27-13-14/h1-12H,13H2/b21-11-. The van der Waals surface area contributed by atoms with Crippen molar-refractivity contribution >= 4 is 17.8 Å². The second kappa shape index (κ2) is 6.83. The van der Waals surface area contributed by atoms with E-state index in [0.717, 1.165) is 16.9 Å². The van der Waals surface area contributed by atoms with Crippen molar-refractivity contribution in [1.29, 1.82) is 0 Å². The number of benzene rings is 2. The smallest absolute Gasteiger partial charge is 0.379 e. The average Bonchev–Trinajstić information content (AvgIpc) is 3.37. The van der Waals surface area contributed by atoms with Crippen molar-refractivity contribution in [1.82, 2.24) is 0 Å². The van der Waals surface area contributed by atoms with Crippen LogP contribution in [0, 0.1) is 0 Å². The van der Waals surface area contributed by atoms with Crippen LogP contribution in [0.2, 0.25) is 0 Å². The molecule has 5 rings (SSSR count). The Labute approximate surface area is 165 Å². The molecule has 0 aliphatic carbocycles. The molecule has 3 heterocycles. The van der Waals surface area contributed by atoms with Crippen LogP contribution in [0.5, 0.6) is 17.2 Å². The number of fused-ring (bicyclic) bond motifs is 2. The topological polar surface area (TPSA) is 75.0 Å². The predicted molar refractivity (Wildman–Crippen MR) is 103 cm³/mol. The molecule has 0 amide bonds. The second-order valence-electron chi connectivity index (χ2n) is 6.51. The maximum atomic E-state index is 12.7. The van der Waals surface area contributed by atoms with E-state index in [4.69, 9.17) is 18.6 Å². The van der Waals surface area contributed by atoms with Crippen molar-refractivity contribution < 1.29 is 28.2 Å². The van der Waals surface area contributed by atoms with Crippen molar-refractivity contribution in [2.45, 2.75) is 0 Å². The molecule has 29 heavy (non-hydrogen) atoms. The molecule has 0 saturated heterocycles. The molecule has 6 nitrogen and oxygen atoms in total. The average molecular weight is 386 g/mol. The molecule has 2 aliphatic heterocycles. The van der Waals surface area contributed by atoms with E-state index in [0.29, 0.717) is 17.9 Å². The van der Waals surface area contributed by atoms with Gasteiger partial charge in [-0.2, -0.15) is 0 Å². The molecule has 2 aromatic carbocycles. The lowest BCUT2D eigenvalue weighted by Crippen LogP contribution is -2.08. The number of para-hydroxylation sites is 1. The minimum absolute atomic E-state index is 0.0904. The summed E-state index contributed by atoms with van der Waals surface area (Å²) in [4.78, 5) is 24.7. The highest BCUT2D eigenvalue weighted by atomic mass is 16.5. The van der Waals surface area contributed by atoms with Gasteiger partial charge >= 0.3 is 5.97 Å². The maximum Gasteiger partial charge on any atom is 0.379 e. The van der Waals surface area contributed by atoms with Crippen LogP contribution < -0.4 is 14.2 Å². The molecular formula is C23H14O6. The number of hydrogen-bond acceptors (Lipinski definition) is 6. The highest BCUT2D eigenvalue weighted by molar-refractivity contribution is 6.12. The van der Waals surface area contributed by atoms with E-state index in [-0.39, 0.29) is 23.1 Å². The molecule has 142 valence electrons. The monoisotopic (exact) mass is 386 g/mol. The minimum atomic E-state index is -0.627. The van der Waals surface area contributed by atoms with Crippen LogP contribution in [0.1, 0.15) is 26.5 Å². The van der Waals surface area contributed by atoms with Gasteiger partial charge in [-0.05, 0) is 48.1 Å². The van der Waals surface area contributed by atoms with Gasteiger partial charge in [0.2, 0.25) is 11.5 Å². The van der Waals surface area contributed by atoms with Crippen LogP contribution in [0.25, 0.3) is 6.08 Å². The number of esters is 1. The lowest BCUT2D eigenvalue weighted by atomic mass is 10.1. The number of Topliss-reactive ketones (excluding diaryl/α,β-unsaturated/α-hetero) is 1. The van der Waals surface area contributed by atoms with Gasteiger partial charge in [0.1, 0.15) is 23.9 Å². The van der Waals surface area contributed by atoms with Crippen LogP contribution in [0.3, 0.4) is 0 Å². The first-order valence-corrected chi connectivity index (χ1v) is 8.94. The Balaban J connectivity index is 1.38. The molecule has 0 fully saturated rings. The number of rotatable bonds is 3. The summed E-state index contributed by atoms with van der Waals surface area (Å²) in [6.45, 7) is 0.347. The summed E-state index contributed by atoms with van der Waals surface area (Å²) in [6.07, 6.45) is 5.02. The van der Waals surface area contributed by atoms with Crippen molar-refractivity contribution in [2.24, 2.45) is 0 Å².